The van der Waals surface area contributed by atoms with Crippen LogP contribution in [0.5, 0.6) is 0 Å². The molecular weight excluding hydrogens is 446 g/mol. The highest BCUT2D eigenvalue weighted by Crippen LogP contribution is 2.21. The number of carboxylic acid groups (broad SMARTS) is 1. The summed E-state index contributed by atoms with van der Waals surface area (Å²) in [4.78, 5) is 63.2. The van der Waals surface area contributed by atoms with Crippen LogP contribution in [0.1, 0.15) is 78.1 Å². The van der Waals surface area contributed by atoms with E-state index < -0.39 is 35.9 Å². The number of carboxylic acids is 1. The molecule has 0 aromatic heterocycles. The summed E-state index contributed by atoms with van der Waals surface area (Å²) < 4.78 is 15.4. The number of carbonyl (C=O) groups is 5. The number of esters is 3. The SMILES string of the molecule is CCCCC(=O)OCC(COC(=O)CCC(=O)CC(CC1=CN=CC1)C(=O)O)OC(=O)CCC. The lowest BCUT2D eigenvalue weighted by Gasteiger charge is -2.18. The van der Waals surface area contributed by atoms with Gasteiger partial charge in [0.05, 0.1) is 12.3 Å². The molecule has 10 nitrogen and oxygen atoms in total. The molecule has 10 heteroatoms. The lowest BCUT2D eigenvalue weighted by atomic mass is 9.92. The van der Waals surface area contributed by atoms with E-state index in [9.17, 15) is 29.1 Å². The van der Waals surface area contributed by atoms with Gasteiger partial charge in [-0.25, -0.2) is 0 Å². The van der Waals surface area contributed by atoms with Gasteiger partial charge in [-0.1, -0.05) is 20.3 Å². The summed E-state index contributed by atoms with van der Waals surface area (Å²) in [6.45, 7) is 3.21. The Morgan fingerprint density at radius 3 is 2.18 bits per heavy atom. The lowest BCUT2D eigenvalue weighted by Crippen LogP contribution is -2.31. The summed E-state index contributed by atoms with van der Waals surface area (Å²) in [6.07, 6.45) is 5.05. The number of ether oxygens (including phenoxy) is 3. The molecule has 0 aliphatic carbocycles. The van der Waals surface area contributed by atoms with Gasteiger partial charge in [0.2, 0.25) is 0 Å². The molecule has 0 spiro atoms. The van der Waals surface area contributed by atoms with Gasteiger partial charge in [-0.05, 0) is 24.8 Å². The van der Waals surface area contributed by atoms with Gasteiger partial charge < -0.3 is 19.3 Å². The van der Waals surface area contributed by atoms with Crippen LogP contribution in [0.3, 0.4) is 0 Å². The van der Waals surface area contributed by atoms with Gasteiger partial charge >= 0.3 is 23.9 Å². The van der Waals surface area contributed by atoms with Crippen molar-refractivity contribution in [3.8, 4) is 0 Å². The van der Waals surface area contributed by atoms with Crippen molar-refractivity contribution in [1.82, 2.24) is 0 Å². The highest BCUT2D eigenvalue weighted by atomic mass is 16.6. The minimum absolute atomic E-state index is 0.162. The van der Waals surface area contributed by atoms with E-state index in [1.165, 1.54) is 0 Å². The summed E-state index contributed by atoms with van der Waals surface area (Å²) >= 11 is 0. The van der Waals surface area contributed by atoms with Gasteiger partial charge in [0.1, 0.15) is 19.0 Å². The van der Waals surface area contributed by atoms with E-state index in [0.29, 0.717) is 19.3 Å². The largest absolute Gasteiger partial charge is 0.481 e. The van der Waals surface area contributed by atoms with Crippen LogP contribution in [0.25, 0.3) is 0 Å². The molecule has 34 heavy (non-hydrogen) atoms. The van der Waals surface area contributed by atoms with Crippen molar-refractivity contribution in [1.29, 1.82) is 0 Å². The van der Waals surface area contributed by atoms with E-state index in [0.717, 1.165) is 12.0 Å². The van der Waals surface area contributed by atoms with Crippen LogP contribution in [-0.2, 0) is 38.2 Å². The quantitative estimate of drug-likeness (QED) is 0.230. The molecule has 0 saturated carbocycles. The van der Waals surface area contributed by atoms with Crippen molar-refractivity contribution in [3.63, 3.8) is 0 Å². The van der Waals surface area contributed by atoms with Crippen LogP contribution in [0, 0.1) is 5.92 Å². The number of hydrogen-bond acceptors (Lipinski definition) is 9. The van der Waals surface area contributed by atoms with Crippen LogP contribution in [0.15, 0.2) is 16.8 Å². The zero-order valence-corrected chi connectivity index (χ0v) is 20.0. The van der Waals surface area contributed by atoms with Gasteiger partial charge in [0.15, 0.2) is 6.10 Å². The molecule has 0 fully saturated rings. The van der Waals surface area contributed by atoms with Gasteiger partial charge in [0, 0.05) is 44.5 Å². The first-order chi connectivity index (χ1) is 16.2. The van der Waals surface area contributed by atoms with Crippen molar-refractivity contribution >= 4 is 35.9 Å². The third-order valence-electron chi connectivity index (χ3n) is 5.00. The Labute approximate surface area is 199 Å². The molecule has 1 heterocycles. The second-order valence-corrected chi connectivity index (χ2v) is 8.14. The first-order valence-electron chi connectivity index (χ1n) is 11.7. The second-order valence-electron chi connectivity index (χ2n) is 8.14. The number of Topliss-reactive ketones (excluding diaryl/α,β-unsaturated/α-hetero) is 1. The summed E-state index contributed by atoms with van der Waals surface area (Å²) in [6, 6.07) is 0. The number of ketones is 1. The van der Waals surface area contributed by atoms with Crippen molar-refractivity contribution < 1.29 is 43.3 Å². The van der Waals surface area contributed by atoms with Crippen molar-refractivity contribution in [2.24, 2.45) is 10.9 Å². The van der Waals surface area contributed by atoms with E-state index in [1.54, 1.807) is 12.4 Å². The van der Waals surface area contributed by atoms with Crippen LogP contribution in [-0.4, -0.2) is 60.3 Å². The Balaban J connectivity index is 2.45. The maximum absolute atomic E-state index is 12.2. The number of carbonyl (C=O) groups excluding carboxylic acids is 4. The van der Waals surface area contributed by atoms with E-state index in [4.69, 9.17) is 14.2 Å². The summed E-state index contributed by atoms with van der Waals surface area (Å²) in [7, 11) is 0. The van der Waals surface area contributed by atoms with Gasteiger partial charge in [0.25, 0.3) is 0 Å². The molecule has 0 aromatic rings. The lowest BCUT2D eigenvalue weighted by molar-refractivity contribution is -0.167. The average Bonchev–Trinajstić information content (AvgIpc) is 3.30. The van der Waals surface area contributed by atoms with Crippen molar-refractivity contribution in [3.05, 3.63) is 11.8 Å². The van der Waals surface area contributed by atoms with E-state index in [1.807, 2.05) is 13.8 Å². The number of rotatable bonds is 18. The number of unbranched alkanes of at least 4 members (excludes halogenated alkanes) is 1. The number of hydrogen-bond donors (Lipinski definition) is 1. The smallest absolute Gasteiger partial charge is 0.307 e. The average molecular weight is 482 g/mol. The monoisotopic (exact) mass is 481 g/mol. The van der Waals surface area contributed by atoms with E-state index in [2.05, 4.69) is 4.99 Å². The zero-order valence-electron chi connectivity index (χ0n) is 20.0. The zero-order chi connectivity index (χ0) is 25.3. The van der Waals surface area contributed by atoms with Crippen molar-refractivity contribution in [2.75, 3.05) is 13.2 Å². The molecule has 2 unspecified atom stereocenters. The maximum atomic E-state index is 12.2. The normalized spacial score (nSPS) is 14.1. The summed E-state index contributed by atoms with van der Waals surface area (Å²) in [5.41, 5.74) is 0.846. The molecular formula is C24H35NO9. The summed E-state index contributed by atoms with van der Waals surface area (Å²) in [5.74, 6) is -3.93. The molecule has 1 aliphatic rings. The fourth-order valence-corrected chi connectivity index (χ4v) is 3.10. The Morgan fingerprint density at radius 2 is 1.62 bits per heavy atom. The molecule has 0 saturated heterocycles. The standard InChI is InChI=1S/C24H35NO9/c1-3-5-7-21(27)32-15-20(34-23(29)6-4-2)16-33-22(28)9-8-19(26)13-18(24(30)31)12-17-10-11-25-14-17/h11,14,18,20H,3-10,12-13,15-16H2,1-2H3,(H,30,31). The predicted octanol–water partition coefficient (Wildman–Crippen LogP) is 3.16. The highest BCUT2D eigenvalue weighted by Gasteiger charge is 2.24. The Kier molecular flexibility index (Phi) is 14.1. The predicted molar refractivity (Wildman–Crippen MR) is 122 cm³/mol. The maximum Gasteiger partial charge on any atom is 0.307 e. The molecule has 0 radical (unpaired) electrons. The molecule has 0 bridgehead atoms. The minimum atomic E-state index is -1.08. The molecule has 190 valence electrons. The van der Waals surface area contributed by atoms with Gasteiger partial charge in [-0.3, -0.25) is 29.0 Å². The van der Waals surface area contributed by atoms with Crippen molar-refractivity contribution in [2.45, 2.75) is 84.2 Å². The fourth-order valence-electron chi connectivity index (χ4n) is 3.10. The first-order valence-corrected chi connectivity index (χ1v) is 11.7. The van der Waals surface area contributed by atoms with Crippen LogP contribution in [0.2, 0.25) is 0 Å². The molecule has 0 amide bonds. The second kappa shape index (κ2) is 16.6. The van der Waals surface area contributed by atoms with Gasteiger partial charge in [-0.15, -0.1) is 0 Å². The minimum Gasteiger partial charge on any atom is -0.481 e. The Bertz CT molecular complexity index is 772. The molecule has 0 aromatic carbocycles. The molecule has 2 atom stereocenters. The van der Waals surface area contributed by atoms with Crippen LogP contribution >= 0.6 is 0 Å². The molecule has 1 aliphatic heterocycles. The van der Waals surface area contributed by atoms with Crippen LogP contribution < -0.4 is 0 Å². The summed E-state index contributed by atoms with van der Waals surface area (Å²) in [5, 5.41) is 9.36. The van der Waals surface area contributed by atoms with E-state index in [-0.39, 0.29) is 57.5 Å². The van der Waals surface area contributed by atoms with Crippen LogP contribution in [0.4, 0.5) is 0 Å². The molecule has 1 rings (SSSR count). The number of aliphatic carboxylic acids is 1. The number of allylic oxidation sites excluding steroid dienone is 1. The number of nitrogens with zero attached hydrogens (tertiary/aromatic N) is 1. The topological polar surface area (TPSA) is 146 Å². The molecule has 1 N–H and O–H groups in total. The highest BCUT2D eigenvalue weighted by molar-refractivity contribution is 5.86. The Morgan fingerprint density at radius 1 is 0.941 bits per heavy atom. The van der Waals surface area contributed by atoms with E-state index >= 15 is 0 Å². The fraction of sp³-hybridized carbons (Fsp3) is 0.667. The Hall–Kier alpha value is -3.04. The third kappa shape index (κ3) is 12.9. The first kappa shape index (κ1) is 29.0. The van der Waals surface area contributed by atoms with Gasteiger partial charge in [-0.2, -0.15) is 0 Å². The number of aliphatic imine (C=N–C) groups is 1. The third-order valence-corrected chi connectivity index (χ3v) is 5.00.